The van der Waals surface area contributed by atoms with Crippen LogP contribution in [-0.4, -0.2) is 4.98 Å². The molecule has 2 heterocycles. The molecule has 0 aliphatic carbocycles. The molecule has 80 valence electrons. The number of nitriles is 1. The maximum Gasteiger partial charge on any atom is 0.197 e. The average molecular weight is 213 g/mol. The molecule has 0 spiro atoms. The van der Waals surface area contributed by atoms with Gasteiger partial charge in [-0.25, -0.2) is 0 Å². The lowest BCUT2D eigenvalue weighted by molar-refractivity contribution is 0.576. The molecule has 0 radical (unpaired) electrons. The fourth-order valence-corrected chi connectivity index (χ4v) is 1.40. The van der Waals surface area contributed by atoms with Crippen molar-refractivity contribution in [3.05, 3.63) is 48.0 Å². The highest BCUT2D eigenvalue weighted by atomic mass is 16.3. The maximum absolute atomic E-state index is 8.62. The van der Waals surface area contributed by atoms with Crippen LogP contribution in [0.15, 0.2) is 41.3 Å². The molecular weight excluding hydrogens is 202 g/mol. The lowest BCUT2D eigenvalue weighted by Gasteiger charge is -2.03. The Labute approximate surface area is 93.5 Å². The van der Waals surface area contributed by atoms with E-state index in [9.17, 15) is 0 Å². The molecule has 0 saturated heterocycles. The van der Waals surface area contributed by atoms with Crippen LogP contribution < -0.4 is 5.32 Å². The predicted octanol–water partition coefficient (Wildman–Crippen LogP) is 2.35. The zero-order valence-corrected chi connectivity index (χ0v) is 8.68. The quantitative estimate of drug-likeness (QED) is 0.846. The molecule has 0 unspecified atom stereocenters. The van der Waals surface area contributed by atoms with Crippen LogP contribution >= 0.6 is 0 Å². The highest BCUT2D eigenvalue weighted by molar-refractivity contribution is 5.43. The summed E-state index contributed by atoms with van der Waals surface area (Å²) in [5, 5.41) is 11.8. The van der Waals surface area contributed by atoms with Crippen molar-refractivity contribution < 1.29 is 4.42 Å². The third kappa shape index (κ3) is 2.39. The van der Waals surface area contributed by atoms with Gasteiger partial charge >= 0.3 is 0 Å². The van der Waals surface area contributed by atoms with E-state index in [2.05, 4.69) is 16.4 Å². The van der Waals surface area contributed by atoms with Gasteiger partial charge in [0.25, 0.3) is 0 Å². The molecule has 2 rings (SSSR count). The number of hydrogen-bond donors (Lipinski definition) is 1. The standard InChI is InChI=1S/C12H11N3O/c13-5-3-11-4-7-16-12(11)15-9-10-2-1-6-14-8-10/h1-2,4,6-8,15H,3,9H2. The number of pyridine rings is 1. The van der Waals surface area contributed by atoms with Crippen LogP contribution in [0.25, 0.3) is 0 Å². The van der Waals surface area contributed by atoms with Crippen molar-refractivity contribution in [2.75, 3.05) is 5.32 Å². The molecule has 1 N–H and O–H groups in total. The van der Waals surface area contributed by atoms with Crippen molar-refractivity contribution in [3.63, 3.8) is 0 Å². The summed E-state index contributed by atoms with van der Waals surface area (Å²) in [5.41, 5.74) is 1.95. The van der Waals surface area contributed by atoms with Gasteiger partial charge < -0.3 is 9.73 Å². The summed E-state index contributed by atoms with van der Waals surface area (Å²) in [5.74, 6) is 0.658. The van der Waals surface area contributed by atoms with Crippen molar-refractivity contribution in [1.82, 2.24) is 4.98 Å². The Hall–Kier alpha value is -2.28. The molecule has 2 aromatic heterocycles. The van der Waals surface area contributed by atoms with E-state index in [4.69, 9.17) is 9.68 Å². The SMILES string of the molecule is N#CCc1ccoc1NCc1cccnc1. The highest BCUT2D eigenvalue weighted by Gasteiger charge is 2.04. The van der Waals surface area contributed by atoms with Gasteiger partial charge in [0.1, 0.15) is 0 Å². The second-order valence-electron chi connectivity index (χ2n) is 3.32. The molecule has 0 aliphatic rings. The van der Waals surface area contributed by atoms with Crippen LogP contribution in [-0.2, 0) is 13.0 Å². The molecule has 0 atom stereocenters. The highest BCUT2D eigenvalue weighted by Crippen LogP contribution is 2.17. The van der Waals surface area contributed by atoms with Crippen molar-refractivity contribution in [1.29, 1.82) is 5.26 Å². The molecule has 0 saturated carbocycles. The molecule has 0 aliphatic heterocycles. The average Bonchev–Trinajstić information content (AvgIpc) is 2.76. The van der Waals surface area contributed by atoms with E-state index < -0.39 is 0 Å². The first-order chi connectivity index (χ1) is 7.90. The van der Waals surface area contributed by atoms with Gasteiger partial charge in [-0.15, -0.1) is 0 Å². The summed E-state index contributed by atoms with van der Waals surface area (Å²) in [7, 11) is 0. The third-order valence-electron chi connectivity index (χ3n) is 2.19. The monoisotopic (exact) mass is 213 g/mol. The van der Waals surface area contributed by atoms with E-state index in [1.165, 1.54) is 0 Å². The molecule has 2 aromatic rings. The number of nitrogens with zero attached hydrogens (tertiary/aromatic N) is 2. The number of furan rings is 1. The van der Waals surface area contributed by atoms with Crippen LogP contribution in [0.5, 0.6) is 0 Å². The Balaban J connectivity index is 2.00. The van der Waals surface area contributed by atoms with E-state index >= 15 is 0 Å². The van der Waals surface area contributed by atoms with Crippen molar-refractivity contribution in [2.45, 2.75) is 13.0 Å². The van der Waals surface area contributed by atoms with Crippen molar-refractivity contribution in [3.8, 4) is 6.07 Å². The van der Waals surface area contributed by atoms with E-state index in [0.29, 0.717) is 18.8 Å². The molecule has 0 fully saturated rings. The van der Waals surface area contributed by atoms with Gasteiger partial charge in [-0.2, -0.15) is 5.26 Å². The molecule has 0 bridgehead atoms. The minimum absolute atomic E-state index is 0.353. The molecule has 4 nitrogen and oxygen atoms in total. The van der Waals surface area contributed by atoms with E-state index in [1.807, 2.05) is 12.1 Å². The normalized spacial score (nSPS) is 9.69. The zero-order valence-electron chi connectivity index (χ0n) is 8.68. The van der Waals surface area contributed by atoms with E-state index in [0.717, 1.165) is 11.1 Å². The fraction of sp³-hybridized carbons (Fsp3) is 0.167. The van der Waals surface area contributed by atoms with Gasteiger partial charge in [0.15, 0.2) is 5.88 Å². The fourth-order valence-electron chi connectivity index (χ4n) is 1.40. The second-order valence-corrected chi connectivity index (χ2v) is 3.32. The Morgan fingerprint density at radius 3 is 3.12 bits per heavy atom. The minimum atomic E-state index is 0.353. The van der Waals surface area contributed by atoms with Gasteiger partial charge in [-0.3, -0.25) is 4.98 Å². The Morgan fingerprint density at radius 1 is 1.44 bits per heavy atom. The van der Waals surface area contributed by atoms with Gasteiger partial charge in [-0.1, -0.05) is 6.07 Å². The van der Waals surface area contributed by atoms with Crippen LogP contribution in [0.4, 0.5) is 5.88 Å². The lowest BCUT2D eigenvalue weighted by Crippen LogP contribution is -2.00. The molecule has 0 aromatic carbocycles. The number of hydrogen-bond acceptors (Lipinski definition) is 4. The summed E-state index contributed by atoms with van der Waals surface area (Å²) < 4.78 is 5.26. The first-order valence-corrected chi connectivity index (χ1v) is 4.96. The first kappa shape index (κ1) is 10.2. The molecular formula is C12H11N3O. The molecule has 16 heavy (non-hydrogen) atoms. The summed E-state index contributed by atoms with van der Waals surface area (Å²) in [4.78, 5) is 4.02. The van der Waals surface area contributed by atoms with Gasteiger partial charge in [-0.05, 0) is 17.7 Å². The van der Waals surface area contributed by atoms with Gasteiger partial charge in [0.2, 0.25) is 0 Å². The number of rotatable bonds is 4. The number of anilines is 1. The smallest absolute Gasteiger partial charge is 0.197 e. The Bertz CT molecular complexity index is 484. The van der Waals surface area contributed by atoms with Gasteiger partial charge in [0, 0.05) is 24.5 Å². The maximum atomic E-state index is 8.62. The van der Waals surface area contributed by atoms with Gasteiger partial charge in [0.05, 0.1) is 18.8 Å². The van der Waals surface area contributed by atoms with Crippen molar-refractivity contribution in [2.24, 2.45) is 0 Å². The Kier molecular flexibility index (Phi) is 3.19. The summed E-state index contributed by atoms with van der Waals surface area (Å²) in [6.45, 7) is 0.639. The second kappa shape index (κ2) is 4.99. The zero-order chi connectivity index (χ0) is 11.2. The largest absolute Gasteiger partial charge is 0.449 e. The topological polar surface area (TPSA) is 61.9 Å². The molecule has 0 amide bonds. The van der Waals surface area contributed by atoms with E-state index in [-0.39, 0.29) is 0 Å². The number of aromatic nitrogens is 1. The van der Waals surface area contributed by atoms with Crippen LogP contribution in [0, 0.1) is 11.3 Å². The molecule has 4 heteroatoms. The summed E-state index contributed by atoms with van der Waals surface area (Å²) in [6.07, 6.45) is 5.46. The first-order valence-electron chi connectivity index (χ1n) is 4.96. The van der Waals surface area contributed by atoms with Crippen LogP contribution in [0.2, 0.25) is 0 Å². The summed E-state index contributed by atoms with van der Waals surface area (Å²) in [6, 6.07) is 7.76. The predicted molar refractivity (Wildman–Crippen MR) is 59.6 cm³/mol. The van der Waals surface area contributed by atoms with Crippen LogP contribution in [0.3, 0.4) is 0 Å². The Morgan fingerprint density at radius 2 is 2.38 bits per heavy atom. The number of nitrogens with one attached hydrogen (secondary N) is 1. The van der Waals surface area contributed by atoms with E-state index in [1.54, 1.807) is 24.7 Å². The van der Waals surface area contributed by atoms with Crippen molar-refractivity contribution >= 4 is 5.88 Å². The van der Waals surface area contributed by atoms with Crippen LogP contribution in [0.1, 0.15) is 11.1 Å². The lowest BCUT2D eigenvalue weighted by atomic mass is 10.2. The summed E-state index contributed by atoms with van der Waals surface area (Å²) >= 11 is 0. The third-order valence-corrected chi connectivity index (χ3v) is 2.19. The minimum Gasteiger partial charge on any atom is -0.449 e.